The van der Waals surface area contributed by atoms with Gasteiger partial charge in [0, 0.05) is 37.3 Å². The molecule has 1 unspecified atom stereocenters. The molecule has 9 heteroatoms. The number of nitrogens with zero attached hydrogens (tertiary/aromatic N) is 3. The van der Waals surface area contributed by atoms with Gasteiger partial charge in [0.1, 0.15) is 5.82 Å². The van der Waals surface area contributed by atoms with Gasteiger partial charge in [-0.3, -0.25) is 19.7 Å². The first-order chi connectivity index (χ1) is 14.8. The van der Waals surface area contributed by atoms with Crippen LogP contribution in [0.2, 0.25) is 0 Å². The van der Waals surface area contributed by atoms with Gasteiger partial charge in [0.05, 0.1) is 10.5 Å². The molecule has 8 nitrogen and oxygen atoms in total. The molecular weight excluding hydrogens is 416 g/mol. The molecule has 0 fully saturated rings. The van der Waals surface area contributed by atoms with Crippen molar-refractivity contribution in [2.75, 3.05) is 5.32 Å². The molecule has 158 valence electrons. The van der Waals surface area contributed by atoms with Crippen molar-refractivity contribution >= 4 is 29.2 Å². The topological polar surface area (TPSA) is 107 Å². The Balaban J connectivity index is 1.71. The lowest BCUT2D eigenvalue weighted by Crippen LogP contribution is -2.33. The molecule has 1 aliphatic heterocycles. The highest BCUT2D eigenvalue weighted by molar-refractivity contribution is 7.98. The lowest BCUT2D eigenvalue weighted by molar-refractivity contribution is -0.384. The smallest absolute Gasteiger partial charge is 0.279 e. The standard InChI is InChI=1S/C22H20N4O4S/c1-13-5-3-4-6-15(13)12-31-22-24-21(28)19-17(11-18(27)23-20(19)25(22)2)14-7-9-16(10-8-14)26(29)30/h3-10,17H,11-12H2,1-2H3,(H,23,27). The average Bonchev–Trinajstić information content (AvgIpc) is 2.75. The second kappa shape index (κ2) is 8.35. The Morgan fingerprint density at radius 1 is 1.19 bits per heavy atom. The van der Waals surface area contributed by atoms with E-state index in [0.29, 0.717) is 27.9 Å². The van der Waals surface area contributed by atoms with E-state index in [2.05, 4.69) is 10.3 Å². The highest BCUT2D eigenvalue weighted by Crippen LogP contribution is 2.36. The van der Waals surface area contributed by atoms with Crippen molar-refractivity contribution in [1.29, 1.82) is 0 Å². The van der Waals surface area contributed by atoms with E-state index >= 15 is 0 Å². The minimum atomic E-state index is -0.508. The number of anilines is 1. The van der Waals surface area contributed by atoms with Gasteiger partial charge in [-0.05, 0) is 23.6 Å². The summed E-state index contributed by atoms with van der Waals surface area (Å²) in [5.74, 6) is 0.343. The lowest BCUT2D eigenvalue weighted by Gasteiger charge is -2.27. The Labute approximate surface area is 182 Å². The number of carbonyl (C=O) groups excluding carboxylic acids is 1. The monoisotopic (exact) mass is 436 g/mol. The zero-order valence-corrected chi connectivity index (χ0v) is 17.8. The van der Waals surface area contributed by atoms with Crippen LogP contribution in [0.1, 0.15) is 34.6 Å². The van der Waals surface area contributed by atoms with E-state index in [4.69, 9.17) is 0 Å². The Hall–Kier alpha value is -3.46. The summed E-state index contributed by atoms with van der Waals surface area (Å²) in [5, 5.41) is 14.3. The van der Waals surface area contributed by atoms with E-state index < -0.39 is 16.4 Å². The molecule has 1 aliphatic rings. The van der Waals surface area contributed by atoms with Crippen molar-refractivity contribution in [2.45, 2.75) is 30.2 Å². The van der Waals surface area contributed by atoms with Gasteiger partial charge in [0.15, 0.2) is 5.16 Å². The number of non-ortho nitro benzene ring substituents is 1. The first-order valence-corrected chi connectivity index (χ1v) is 10.7. The Bertz CT molecular complexity index is 1240. The minimum Gasteiger partial charge on any atom is -0.312 e. The first kappa shape index (κ1) is 20.8. The summed E-state index contributed by atoms with van der Waals surface area (Å²) in [7, 11) is 1.77. The third kappa shape index (κ3) is 4.09. The molecule has 1 N–H and O–H groups in total. The van der Waals surface area contributed by atoms with E-state index in [1.165, 1.54) is 23.9 Å². The maximum atomic E-state index is 13.0. The largest absolute Gasteiger partial charge is 0.312 e. The number of nitrogens with one attached hydrogen (secondary N) is 1. The summed E-state index contributed by atoms with van der Waals surface area (Å²) in [6.45, 7) is 2.03. The van der Waals surface area contributed by atoms with Crippen molar-refractivity contribution in [3.05, 3.63) is 91.3 Å². The highest BCUT2D eigenvalue weighted by atomic mass is 32.2. The van der Waals surface area contributed by atoms with Crippen LogP contribution >= 0.6 is 11.8 Å². The van der Waals surface area contributed by atoms with Crippen molar-refractivity contribution in [2.24, 2.45) is 7.05 Å². The van der Waals surface area contributed by atoms with Crippen LogP contribution in [0.25, 0.3) is 0 Å². The lowest BCUT2D eigenvalue weighted by atomic mass is 9.86. The Morgan fingerprint density at radius 2 is 1.90 bits per heavy atom. The van der Waals surface area contributed by atoms with Crippen molar-refractivity contribution in [1.82, 2.24) is 9.55 Å². The molecule has 0 spiro atoms. The van der Waals surface area contributed by atoms with Gasteiger partial charge in [-0.15, -0.1) is 0 Å². The van der Waals surface area contributed by atoms with Crippen LogP contribution in [0, 0.1) is 17.0 Å². The zero-order valence-electron chi connectivity index (χ0n) is 17.0. The van der Waals surface area contributed by atoms with Crippen LogP contribution in [-0.2, 0) is 17.6 Å². The normalized spacial score (nSPS) is 15.3. The van der Waals surface area contributed by atoms with Gasteiger partial charge >= 0.3 is 0 Å². The summed E-state index contributed by atoms with van der Waals surface area (Å²) in [4.78, 5) is 40.1. The average molecular weight is 436 g/mol. The minimum absolute atomic E-state index is 0.0433. The number of amides is 1. The van der Waals surface area contributed by atoms with Crippen LogP contribution in [0.3, 0.4) is 0 Å². The number of fused-ring (bicyclic) bond motifs is 1. The molecule has 1 aromatic heterocycles. The predicted octanol–water partition coefficient (Wildman–Crippen LogP) is 3.76. The van der Waals surface area contributed by atoms with Crippen molar-refractivity contribution in [3.8, 4) is 0 Å². The van der Waals surface area contributed by atoms with Gasteiger partial charge in [-0.25, -0.2) is 0 Å². The third-order valence-electron chi connectivity index (χ3n) is 5.43. The molecule has 2 aromatic carbocycles. The number of hydrogen-bond donors (Lipinski definition) is 1. The number of benzene rings is 2. The molecule has 0 bridgehead atoms. The zero-order chi connectivity index (χ0) is 22.1. The maximum Gasteiger partial charge on any atom is 0.279 e. The quantitative estimate of drug-likeness (QED) is 0.282. The second-order valence-corrected chi connectivity index (χ2v) is 8.33. The molecule has 3 aromatic rings. The van der Waals surface area contributed by atoms with Crippen molar-refractivity contribution in [3.63, 3.8) is 0 Å². The van der Waals surface area contributed by atoms with E-state index in [1.807, 2.05) is 31.2 Å². The summed E-state index contributed by atoms with van der Waals surface area (Å²) < 4.78 is 1.73. The molecule has 0 saturated carbocycles. The number of hydrogen-bond acceptors (Lipinski definition) is 6. The molecule has 0 saturated heterocycles. The van der Waals surface area contributed by atoms with Gasteiger partial charge in [-0.2, -0.15) is 4.98 Å². The van der Waals surface area contributed by atoms with Crippen LogP contribution in [0.5, 0.6) is 0 Å². The molecule has 4 rings (SSSR count). The summed E-state index contributed by atoms with van der Waals surface area (Å²) in [6.07, 6.45) is 0.0808. The number of carbonyl (C=O) groups is 1. The summed E-state index contributed by atoms with van der Waals surface area (Å²) in [6, 6.07) is 13.9. The van der Waals surface area contributed by atoms with Gasteiger partial charge in [0.2, 0.25) is 5.91 Å². The number of nitro benzene ring substituents is 1. The number of rotatable bonds is 5. The fraction of sp³-hybridized carbons (Fsp3) is 0.227. The fourth-order valence-electron chi connectivity index (χ4n) is 3.69. The highest BCUT2D eigenvalue weighted by Gasteiger charge is 2.32. The first-order valence-electron chi connectivity index (χ1n) is 9.67. The molecule has 31 heavy (non-hydrogen) atoms. The molecule has 1 amide bonds. The summed E-state index contributed by atoms with van der Waals surface area (Å²) in [5.41, 5.74) is 2.93. The van der Waals surface area contributed by atoms with E-state index in [-0.39, 0.29) is 18.0 Å². The molecule has 2 heterocycles. The van der Waals surface area contributed by atoms with Gasteiger partial charge in [-0.1, -0.05) is 48.2 Å². The molecule has 0 radical (unpaired) electrons. The number of nitro groups is 1. The maximum absolute atomic E-state index is 13.0. The van der Waals surface area contributed by atoms with E-state index in [1.54, 1.807) is 23.7 Å². The van der Waals surface area contributed by atoms with Crippen LogP contribution in [-0.4, -0.2) is 20.4 Å². The van der Waals surface area contributed by atoms with Crippen molar-refractivity contribution < 1.29 is 9.72 Å². The van der Waals surface area contributed by atoms with Crippen LogP contribution < -0.4 is 10.9 Å². The Morgan fingerprint density at radius 3 is 2.58 bits per heavy atom. The van der Waals surface area contributed by atoms with Gasteiger partial charge < -0.3 is 9.88 Å². The third-order valence-corrected chi connectivity index (χ3v) is 6.50. The SMILES string of the molecule is Cc1ccccc1CSc1nc(=O)c2c(n1C)NC(=O)CC2c1ccc([N+](=O)[O-])cc1. The molecule has 1 atom stereocenters. The number of aromatic nitrogens is 2. The summed E-state index contributed by atoms with van der Waals surface area (Å²) >= 11 is 1.43. The van der Waals surface area contributed by atoms with Crippen LogP contribution in [0.4, 0.5) is 11.5 Å². The second-order valence-electron chi connectivity index (χ2n) is 7.39. The van der Waals surface area contributed by atoms with E-state index in [0.717, 1.165) is 11.1 Å². The predicted molar refractivity (Wildman–Crippen MR) is 118 cm³/mol. The van der Waals surface area contributed by atoms with Gasteiger partial charge in [0.25, 0.3) is 11.2 Å². The van der Waals surface area contributed by atoms with E-state index in [9.17, 15) is 19.7 Å². The number of aryl methyl sites for hydroxylation is 1. The number of thioether (sulfide) groups is 1. The molecule has 0 aliphatic carbocycles. The fourth-order valence-corrected chi connectivity index (χ4v) is 4.73. The Kier molecular flexibility index (Phi) is 5.60. The van der Waals surface area contributed by atoms with Crippen LogP contribution in [0.15, 0.2) is 58.5 Å². The molecular formula is C22H20N4O4S.